The van der Waals surface area contributed by atoms with E-state index in [0.29, 0.717) is 17.4 Å². The minimum Gasteiger partial charge on any atom is -0.497 e. The van der Waals surface area contributed by atoms with E-state index in [1.165, 1.54) is 12.7 Å². The van der Waals surface area contributed by atoms with E-state index in [-0.39, 0.29) is 6.42 Å². The van der Waals surface area contributed by atoms with Crippen molar-refractivity contribution in [2.24, 2.45) is 5.92 Å². The van der Waals surface area contributed by atoms with E-state index in [0.717, 1.165) is 10.5 Å². The number of nitrogens with one attached hydrogen (secondary N) is 1. The number of methoxy groups -OCH3 is 1. The lowest BCUT2D eigenvalue weighted by Gasteiger charge is -2.30. The summed E-state index contributed by atoms with van der Waals surface area (Å²) in [4.78, 5) is 38.4. The maximum atomic E-state index is 12.9. The number of urea groups is 1. The molecule has 2 aromatic rings. The van der Waals surface area contributed by atoms with E-state index in [1.807, 2.05) is 24.3 Å². The van der Waals surface area contributed by atoms with E-state index < -0.39 is 23.8 Å². The van der Waals surface area contributed by atoms with Gasteiger partial charge in [0.15, 0.2) is 0 Å². The Bertz CT molecular complexity index is 857. The highest BCUT2D eigenvalue weighted by Gasteiger charge is 2.41. The molecule has 0 aromatic heterocycles. The number of anilines is 1. The molecule has 2 aromatic carbocycles. The summed E-state index contributed by atoms with van der Waals surface area (Å²) in [6.07, 6.45) is 0.239. The van der Waals surface area contributed by atoms with Gasteiger partial charge in [-0.3, -0.25) is 14.9 Å². The molecule has 1 N–H and O–H groups in total. The second-order valence-electron chi connectivity index (χ2n) is 6.82. The number of benzene rings is 2. The number of hydrogen-bond acceptors (Lipinski definition) is 4. The fraction of sp³-hybridized carbons (Fsp3) is 0.286. The summed E-state index contributed by atoms with van der Waals surface area (Å²) in [6, 6.07) is 13.6. The molecule has 6 heteroatoms. The minimum absolute atomic E-state index is 0.239. The van der Waals surface area contributed by atoms with Crippen LogP contribution in [0.25, 0.3) is 0 Å². The van der Waals surface area contributed by atoms with Crippen molar-refractivity contribution in [2.45, 2.75) is 26.2 Å². The predicted molar refractivity (Wildman–Crippen MR) is 102 cm³/mol. The first-order valence-electron chi connectivity index (χ1n) is 8.82. The molecule has 6 nitrogen and oxygen atoms in total. The molecule has 140 valence electrons. The van der Waals surface area contributed by atoms with E-state index in [2.05, 4.69) is 19.2 Å². The third-order valence-electron chi connectivity index (χ3n) is 4.69. The highest BCUT2D eigenvalue weighted by atomic mass is 16.5. The van der Waals surface area contributed by atoms with Gasteiger partial charge in [-0.05, 0) is 47.7 Å². The molecule has 0 aliphatic carbocycles. The van der Waals surface area contributed by atoms with Crippen molar-refractivity contribution < 1.29 is 19.1 Å². The summed E-state index contributed by atoms with van der Waals surface area (Å²) in [5.74, 6) is -1.03. The predicted octanol–water partition coefficient (Wildman–Crippen LogP) is 3.26. The molecule has 1 heterocycles. The summed E-state index contributed by atoms with van der Waals surface area (Å²) in [7, 11) is 1.53. The summed E-state index contributed by atoms with van der Waals surface area (Å²) in [5, 5.41) is 2.28. The van der Waals surface area contributed by atoms with Crippen LogP contribution in [0.5, 0.6) is 5.75 Å². The summed E-state index contributed by atoms with van der Waals surface area (Å²) >= 11 is 0. The average molecular weight is 366 g/mol. The van der Waals surface area contributed by atoms with Gasteiger partial charge in [0.25, 0.3) is 0 Å². The third-order valence-corrected chi connectivity index (χ3v) is 4.69. The molecule has 1 saturated heterocycles. The van der Waals surface area contributed by atoms with Gasteiger partial charge in [-0.1, -0.05) is 38.1 Å². The van der Waals surface area contributed by atoms with E-state index in [9.17, 15) is 14.4 Å². The Morgan fingerprint density at radius 3 is 2.19 bits per heavy atom. The first-order chi connectivity index (χ1) is 12.9. The van der Waals surface area contributed by atoms with Crippen LogP contribution in [0.1, 0.15) is 30.9 Å². The molecule has 1 aliphatic heterocycles. The van der Waals surface area contributed by atoms with Crippen molar-refractivity contribution in [3.8, 4) is 5.75 Å². The molecule has 1 fully saturated rings. The SMILES string of the molecule is COc1ccc(N2C(=O)NC(=O)C(Cc3ccc(C(C)C)cc3)C2=O)cc1. The number of ether oxygens (including phenoxy) is 1. The lowest BCUT2D eigenvalue weighted by atomic mass is 9.93. The van der Waals surface area contributed by atoms with Crippen LogP contribution in [-0.4, -0.2) is 25.0 Å². The molecule has 1 aliphatic rings. The number of barbiturate groups is 1. The lowest BCUT2D eigenvalue weighted by molar-refractivity contribution is -0.134. The van der Waals surface area contributed by atoms with Crippen LogP contribution >= 0.6 is 0 Å². The van der Waals surface area contributed by atoms with Crippen LogP contribution in [-0.2, 0) is 16.0 Å². The third kappa shape index (κ3) is 3.84. The first-order valence-corrected chi connectivity index (χ1v) is 8.82. The van der Waals surface area contributed by atoms with Gasteiger partial charge < -0.3 is 4.74 Å². The van der Waals surface area contributed by atoms with Crippen LogP contribution in [0.2, 0.25) is 0 Å². The standard InChI is InChI=1S/C21H22N2O4/c1-13(2)15-6-4-14(5-7-15)12-18-19(24)22-21(26)23(20(18)25)16-8-10-17(27-3)11-9-16/h4-11,13,18H,12H2,1-3H3,(H,22,24,26). The van der Waals surface area contributed by atoms with Gasteiger partial charge in [0.2, 0.25) is 11.8 Å². The van der Waals surface area contributed by atoms with Gasteiger partial charge in [-0.2, -0.15) is 0 Å². The molecule has 0 spiro atoms. The lowest BCUT2D eigenvalue weighted by Crippen LogP contribution is -2.58. The zero-order valence-corrected chi connectivity index (χ0v) is 15.6. The maximum absolute atomic E-state index is 12.9. The number of carbonyl (C=O) groups excluding carboxylic acids is 3. The molecule has 1 atom stereocenters. The second kappa shape index (κ2) is 7.61. The Morgan fingerprint density at radius 1 is 1.00 bits per heavy atom. The second-order valence-corrected chi connectivity index (χ2v) is 6.82. The first kappa shape index (κ1) is 18.6. The highest BCUT2D eigenvalue weighted by molar-refractivity contribution is 6.27. The Kier molecular flexibility index (Phi) is 5.26. The van der Waals surface area contributed by atoms with Gasteiger partial charge in [0.05, 0.1) is 12.8 Å². The van der Waals surface area contributed by atoms with Crippen molar-refractivity contribution in [1.29, 1.82) is 0 Å². The zero-order valence-electron chi connectivity index (χ0n) is 15.6. The largest absolute Gasteiger partial charge is 0.497 e. The van der Waals surface area contributed by atoms with E-state index >= 15 is 0 Å². The monoisotopic (exact) mass is 366 g/mol. The van der Waals surface area contributed by atoms with Gasteiger partial charge in [0.1, 0.15) is 11.7 Å². The van der Waals surface area contributed by atoms with Crippen molar-refractivity contribution >= 4 is 23.5 Å². The molecule has 0 bridgehead atoms. The normalized spacial score (nSPS) is 17.3. The zero-order chi connectivity index (χ0) is 19.6. The Hall–Kier alpha value is -3.15. The van der Waals surface area contributed by atoms with Crippen molar-refractivity contribution in [3.05, 3.63) is 59.7 Å². The molecule has 4 amide bonds. The van der Waals surface area contributed by atoms with E-state index in [1.54, 1.807) is 24.3 Å². The number of imide groups is 2. The van der Waals surface area contributed by atoms with Crippen molar-refractivity contribution in [2.75, 3.05) is 12.0 Å². The van der Waals surface area contributed by atoms with Crippen LogP contribution in [0.3, 0.4) is 0 Å². The van der Waals surface area contributed by atoms with Crippen LogP contribution in [0, 0.1) is 5.92 Å². The van der Waals surface area contributed by atoms with Crippen molar-refractivity contribution in [1.82, 2.24) is 5.32 Å². The number of nitrogens with zero attached hydrogens (tertiary/aromatic N) is 1. The quantitative estimate of drug-likeness (QED) is 0.824. The van der Waals surface area contributed by atoms with Gasteiger partial charge in [0, 0.05) is 0 Å². The molecule has 1 unspecified atom stereocenters. The van der Waals surface area contributed by atoms with E-state index in [4.69, 9.17) is 4.74 Å². The molecule has 0 radical (unpaired) electrons. The summed E-state index contributed by atoms with van der Waals surface area (Å²) in [6.45, 7) is 4.21. The Balaban J connectivity index is 1.83. The van der Waals surface area contributed by atoms with Gasteiger partial charge in [-0.25, -0.2) is 9.69 Å². The van der Waals surface area contributed by atoms with Crippen LogP contribution in [0.4, 0.5) is 10.5 Å². The number of hydrogen-bond donors (Lipinski definition) is 1. The van der Waals surface area contributed by atoms with Gasteiger partial charge in [-0.15, -0.1) is 0 Å². The topological polar surface area (TPSA) is 75.7 Å². The molecule has 27 heavy (non-hydrogen) atoms. The number of amides is 4. The molecular formula is C21H22N2O4. The van der Waals surface area contributed by atoms with Crippen LogP contribution < -0.4 is 15.0 Å². The van der Waals surface area contributed by atoms with Crippen molar-refractivity contribution in [3.63, 3.8) is 0 Å². The Labute approximate surface area is 158 Å². The Morgan fingerprint density at radius 2 is 1.63 bits per heavy atom. The van der Waals surface area contributed by atoms with Crippen LogP contribution in [0.15, 0.2) is 48.5 Å². The fourth-order valence-electron chi connectivity index (χ4n) is 3.05. The fourth-order valence-corrected chi connectivity index (χ4v) is 3.05. The highest BCUT2D eigenvalue weighted by Crippen LogP contribution is 2.25. The summed E-state index contributed by atoms with van der Waals surface area (Å²) in [5.41, 5.74) is 2.45. The molecular weight excluding hydrogens is 344 g/mol. The smallest absolute Gasteiger partial charge is 0.335 e. The molecule has 3 rings (SSSR count). The molecule has 0 saturated carbocycles. The maximum Gasteiger partial charge on any atom is 0.335 e. The minimum atomic E-state index is -0.949. The average Bonchev–Trinajstić information content (AvgIpc) is 2.66. The van der Waals surface area contributed by atoms with Gasteiger partial charge >= 0.3 is 6.03 Å². The number of rotatable bonds is 5. The number of carbonyl (C=O) groups is 3. The summed E-state index contributed by atoms with van der Waals surface area (Å²) < 4.78 is 5.10.